The Morgan fingerprint density at radius 1 is 1.25 bits per heavy atom. The summed E-state index contributed by atoms with van der Waals surface area (Å²) >= 11 is 0. The molecule has 6 heteroatoms. The van der Waals surface area contributed by atoms with E-state index < -0.39 is 0 Å². The number of aromatic amines is 1. The number of carbonyl (C=O) groups excluding carboxylic acids is 1. The molecule has 0 bridgehead atoms. The first-order chi connectivity index (χ1) is 13.6. The number of pyridine rings is 1. The molecule has 0 radical (unpaired) electrons. The molecule has 3 heterocycles. The minimum absolute atomic E-state index is 0.0773. The summed E-state index contributed by atoms with van der Waals surface area (Å²) in [5.41, 5.74) is 3.83. The average Bonchev–Trinajstić information content (AvgIpc) is 3.18. The van der Waals surface area contributed by atoms with E-state index in [1.165, 1.54) is 21.8 Å². The van der Waals surface area contributed by atoms with Gasteiger partial charge in [-0.1, -0.05) is 30.3 Å². The lowest BCUT2D eigenvalue weighted by Crippen LogP contribution is -2.39. The highest BCUT2D eigenvalue weighted by Gasteiger charge is 2.28. The molecule has 0 saturated carbocycles. The second-order valence-corrected chi connectivity index (χ2v) is 7.43. The average molecular weight is 376 g/mol. The molecule has 1 atom stereocenters. The van der Waals surface area contributed by atoms with Gasteiger partial charge in [0.2, 0.25) is 0 Å². The summed E-state index contributed by atoms with van der Waals surface area (Å²) in [4.78, 5) is 26.6. The maximum atomic E-state index is 12.9. The van der Waals surface area contributed by atoms with Gasteiger partial charge in [-0.05, 0) is 30.0 Å². The topological polar surface area (TPSA) is 71.0 Å². The molecular formula is C22H24N4O2. The van der Waals surface area contributed by atoms with Gasteiger partial charge in [0.1, 0.15) is 0 Å². The molecule has 0 unspecified atom stereocenters. The zero-order chi connectivity index (χ0) is 19.5. The van der Waals surface area contributed by atoms with Crippen LogP contribution in [0.2, 0.25) is 0 Å². The second-order valence-electron chi connectivity index (χ2n) is 7.43. The van der Waals surface area contributed by atoms with Gasteiger partial charge in [-0.25, -0.2) is 0 Å². The molecule has 0 spiro atoms. The number of aromatic nitrogens is 3. The van der Waals surface area contributed by atoms with E-state index in [4.69, 9.17) is 0 Å². The van der Waals surface area contributed by atoms with E-state index in [0.29, 0.717) is 18.7 Å². The van der Waals surface area contributed by atoms with Gasteiger partial charge in [-0.2, -0.15) is 5.10 Å². The number of likely N-dealkylation sites (tertiary alicyclic amines) is 1. The lowest BCUT2D eigenvalue weighted by atomic mass is 9.90. The number of amides is 1. The fourth-order valence-corrected chi connectivity index (χ4v) is 3.89. The Morgan fingerprint density at radius 3 is 2.86 bits per heavy atom. The number of rotatable bonds is 4. The van der Waals surface area contributed by atoms with Gasteiger partial charge in [0.15, 0.2) is 0 Å². The molecule has 144 valence electrons. The van der Waals surface area contributed by atoms with Crippen molar-refractivity contribution < 1.29 is 4.79 Å². The van der Waals surface area contributed by atoms with Crippen molar-refractivity contribution in [1.29, 1.82) is 0 Å². The zero-order valence-electron chi connectivity index (χ0n) is 16.0. The first kappa shape index (κ1) is 18.2. The number of nitrogens with one attached hydrogen (secondary N) is 1. The van der Waals surface area contributed by atoms with E-state index in [0.717, 1.165) is 25.0 Å². The Kier molecular flexibility index (Phi) is 5.10. The summed E-state index contributed by atoms with van der Waals surface area (Å²) in [5, 5.41) is 7.44. The summed E-state index contributed by atoms with van der Waals surface area (Å²) in [6.45, 7) is 1.35. The van der Waals surface area contributed by atoms with Crippen LogP contribution in [0.1, 0.15) is 45.9 Å². The fourth-order valence-electron chi connectivity index (χ4n) is 3.89. The zero-order valence-corrected chi connectivity index (χ0v) is 16.0. The SMILES string of the molecule is Cn1ccc(C(=O)N2CCC[C@@H](c3[nH]ncc3Cc3ccccc3)C2)cc1=O. The maximum absolute atomic E-state index is 12.9. The molecule has 1 fully saturated rings. The van der Waals surface area contributed by atoms with Crippen LogP contribution in [0.15, 0.2) is 59.7 Å². The third-order valence-corrected chi connectivity index (χ3v) is 5.46. The number of benzene rings is 1. The molecule has 1 saturated heterocycles. The van der Waals surface area contributed by atoms with E-state index in [-0.39, 0.29) is 17.4 Å². The third-order valence-electron chi connectivity index (χ3n) is 5.46. The fraction of sp³-hybridized carbons (Fsp3) is 0.318. The van der Waals surface area contributed by atoms with Crippen LogP contribution in [-0.4, -0.2) is 38.7 Å². The monoisotopic (exact) mass is 376 g/mol. The minimum atomic E-state index is -0.168. The molecule has 1 aliphatic heterocycles. The first-order valence-electron chi connectivity index (χ1n) is 9.64. The summed E-state index contributed by atoms with van der Waals surface area (Å²) in [6, 6.07) is 13.5. The quantitative estimate of drug-likeness (QED) is 0.761. The van der Waals surface area contributed by atoms with E-state index in [1.54, 1.807) is 19.3 Å². The van der Waals surface area contributed by atoms with Gasteiger partial charge in [0.25, 0.3) is 11.5 Å². The van der Waals surface area contributed by atoms with Gasteiger partial charge in [-0.15, -0.1) is 0 Å². The van der Waals surface area contributed by atoms with Crippen molar-refractivity contribution in [1.82, 2.24) is 19.7 Å². The molecule has 6 nitrogen and oxygen atoms in total. The molecule has 1 N–H and O–H groups in total. The molecule has 1 amide bonds. The number of carbonyl (C=O) groups is 1. The number of nitrogens with zero attached hydrogens (tertiary/aromatic N) is 3. The van der Waals surface area contributed by atoms with Gasteiger partial charge in [0.05, 0.1) is 6.20 Å². The molecule has 0 aliphatic carbocycles. The van der Waals surface area contributed by atoms with E-state index in [1.807, 2.05) is 29.3 Å². The normalized spacial score (nSPS) is 16.9. The van der Waals surface area contributed by atoms with Crippen molar-refractivity contribution in [3.8, 4) is 0 Å². The molecule has 1 aromatic carbocycles. The van der Waals surface area contributed by atoms with Crippen LogP contribution >= 0.6 is 0 Å². The van der Waals surface area contributed by atoms with Crippen molar-refractivity contribution in [3.05, 3.63) is 87.6 Å². The smallest absolute Gasteiger partial charge is 0.254 e. The lowest BCUT2D eigenvalue weighted by Gasteiger charge is -2.33. The Morgan fingerprint density at radius 2 is 2.07 bits per heavy atom. The highest BCUT2D eigenvalue weighted by atomic mass is 16.2. The second kappa shape index (κ2) is 7.84. The van der Waals surface area contributed by atoms with Crippen LogP contribution in [0.25, 0.3) is 0 Å². The highest BCUT2D eigenvalue weighted by molar-refractivity contribution is 5.94. The van der Waals surface area contributed by atoms with Gasteiger partial charge in [-0.3, -0.25) is 14.7 Å². The molecule has 4 rings (SSSR count). The third kappa shape index (κ3) is 3.76. The Bertz CT molecular complexity index is 1020. The Hall–Kier alpha value is -3.15. The van der Waals surface area contributed by atoms with Crippen molar-refractivity contribution in [2.24, 2.45) is 7.05 Å². The van der Waals surface area contributed by atoms with Crippen molar-refractivity contribution in [2.45, 2.75) is 25.2 Å². The van der Waals surface area contributed by atoms with Crippen LogP contribution in [0.3, 0.4) is 0 Å². The van der Waals surface area contributed by atoms with Crippen LogP contribution in [0, 0.1) is 0 Å². The molecule has 2 aromatic heterocycles. The minimum Gasteiger partial charge on any atom is -0.338 e. The summed E-state index contributed by atoms with van der Waals surface area (Å²) in [6.07, 6.45) is 6.31. The Labute approximate surface area is 163 Å². The maximum Gasteiger partial charge on any atom is 0.254 e. The van der Waals surface area contributed by atoms with Crippen LogP contribution in [-0.2, 0) is 13.5 Å². The van der Waals surface area contributed by atoms with Crippen LogP contribution in [0.4, 0.5) is 0 Å². The molecule has 1 aliphatic rings. The summed E-state index contributed by atoms with van der Waals surface area (Å²) in [7, 11) is 1.68. The predicted molar refractivity (Wildman–Crippen MR) is 107 cm³/mol. The van der Waals surface area contributed by atoms with Gasteiger partial charge < -0.3 is 9.47 Å². The number of piperidine rings is 1. The van der Waals surface area contributed by atoms with Crippen molar-refractivity contribution in [2.75, 3.05) is 13.1 Å². The lowest BCUT2D eigenvalue weighted by molar-refractivity contribution is 0.0705. The van der Waals surface area contributed by atoms with Crippen LogP contribution < -0.4 is 5.56 Å². The predicted octanol–water partition coefficient (Wildman–Crippen LogP) is 2.72. The number of hydrogen-bond acceptors (Lipinski definition) is 3. The molecule has 28 heavy (non-hydrogen) atoms. The highest BCUT2D eigenvalue weighted by Crippen LogP contribution is 2.29. The summed E-state index contributed by atoms with van der Waals surface area (Å²) in [5.74, 6) is 0.150. The number of hydrogen-bond donors (Lipinski definition) is 1. The van der Waals surface area contributed by atoms with Crippen molar-refractivity contribution >= 4 is 5.91 Å². The van der Waals surface area contributed by atoms with Crippen LogP contribution in [0.5, 0.6) is 0 Å². The number of aryl methyl sites for hydroxylation is 1. The first-order valence-corrected chi connectivity index (χ1v) is 9.64. The largest absolute Gasteiger partial charge is 0.338 e. The Balaban J connectivity index is 1.51. The van der Waals surface area contributed by atoms with Gasteiger partial charge >= 0.3 is 0 Å². The molecule has 3 aromatic rings. The number of H-pyrrole nitrogens is 1. The molecular weight excluding hydrogens is 352 g/mol. The summed E-state index contributed by atoms with van der Waals surface area (Å²) < 4.78 is 1.47. The van der Waals surface area contributed by atoms with E-state index in [9.17, 15) is 9.59 Å². The van der Waals surface area contributed by atoms with E-state index in [2.05, 4.69) is 22.3 Å². The van der Waals surface area contributed by atoms with Crippen molar-refractivity contribution in [3.63, 3.8) is 0 Å². The van der Waals surface area contributed by atoms with E-state index >= 15 is 0 Å². The van der Waals surface area contributed by atoms with Gasteiger partial charge in [0, 0.05) is 56.0 Å². The standard InChI is InChI=1S/C22H24N4O2/c1-25-11-9-17(13-20(25)27)22(28)26-10-5-8-18(15-26)21-19(14-23-24-21)12-16-6-3-2-4-7-16/h2-4,6-7,9,11,13-14,18H,5,8,10,12,15H2,1H3,(H,23,24)/t18-/m1/s1.